The third kappa shape index (κ3) is 4.60. The van der Waals surface area contributed by atoms with Crippen molar-refractivity contribution in [3.63, 3.8) is 0 Å². The Balaban J connectivity index is 2.23. The predicted octanol–water partition coefficient (Wildman–Crippen LogP) is 4.83. The minimum absolute atomic E-state index is 0.226. The van der Waals surface area contributed by atoms with Gasteiger partial charge >= 0.3 is 0 Å². The molecule has 0 unspecified atom stereocenters. The summed E-state index contributed by atoms with van der Waals surface area (Å²) in [4.78, 5) is 29.6. The van der Waals surface area contributed by atoms with Gasteiger partial charge in [0.05, 0.1) is 0 Å². The Labute approximate surface area is 185 Å². The average molecular weight is 443 g/mol. The Bertz CT molecular complexity index is 1050. The summed E-state index contributed by atoms with van der Waals surface area (Å²) in [5.41, 5.74) is 3.42. The number of benzene rings is 1. The second kappa shape index (κ2) is 8.65. The normalized spacial score (nSPS) is 12.5. The molecule has 0 spiro atoms. The smallest absolute Gasteiger partial charge is 0.280 e. The highest BCUT2D eigenvalue weighted by atomic mass is 32.1. The standard InChI is InChI=1S/C22H26N4O2S2/c1-13-8-7-9-17(15(13)3)26(21(28)16-12-30-25-24-16)18(19-14(2)10-11-29-19)20(27)23-22(4,5)6/h7-12,18H,1-6H3,(H,23,27)/t18-/m1/s1. The van der Waals surface area contributed by atoms with E-state index in [2.05, 4.69) is 14.9 Å². The van der Waals surface area contributed by atoms with Crippen molar-refractivity contribution in [1.29, 1.82) is 0 Å². The molecule has 1 atom stereocenters. The molecular formula is C22H26N4O2S2. The molecule has 1 N–H and O–H groups in total. The highest BCUT2D eigenvalue weighted by Crippen LogP contribution is 2.36. The molecule has 3 aromatic rings. The number of aromatic nitrogens is 2. The van der Waals surface area contributed by atoms with Gasteiger partial charge in [-0.1, -0.05) is 16.6 Å². The Kier molecular flexibility index (Phi) is 6.38. The van der Waals surface area contributed by atoms with Crippen LogP contribution in [0.25, 0.3) is 0 Å². The lowest BCUT2D eigenvalue weighted by molar-refractivity contribution is -0.123. The van der Waals surface area contributed by atoms with Gasteiger partial charge in [0.25, 0.3) is 5.91 Å². The molecule has 2 aromatic heterocycles. The maximum atomic E-state index is 13.6. The van der Waals surface area contributed by atoms with Gasteiger partial charge in [-0.2, -0.15) is 0 Å². The summed E-state index contributed by atoms with van der Waals surface area (Å²) in [6.45, 7) is 11.7. The van der Waals surface area contributed by atoms with E-state index in [1.54, 1.807) is 10.3 Å². The minimum Gasteiger partial charge on any atom is -0.349 e. The number of thiophene rings is 1. The lowest BCUT2D eigenvalue weighted by atomic mass is 10.0. The van der Waals surface area contributed by atoms with Crippen LogP contribution >= 0.6 is 22.9 Å². The van der Waals surface area contributed by atoms with Crippen molar-refractivity contribution in [3.05, 3.63) is 62.3 Å². The van der Waals surface area contributed by atoms with Gasteiger partial charge in [0.1, 0.15) is 0 Å². The van der Waals surface area contributed by atoms with Crippen molar-refractivity contribution in [1.82, 2.24) is 14.9 Å². The molecule has 0 aliphatic heterocycles. The number of amides is 2. The molecular weight excluding hydrogens is 416 g/mol. The van der Waals surface area contributed by atoms with Crippen LogP contribution in [-0.4, -0.2) is 26.9 Å². The lowest BCUT2D eigenvalue weighted by Crippen LogP contribution is -2.49. The van der Waals surface area contributed by atoms with Crippen molar-refractivity contribution in [3.8, 4) is 0 Å². The predicted molar refractivity (Wildman–Crippen MR) is 122 cm³/mol. The largest absolute Gasteiger partial charge is 0.349 e. The molecule has 0 aliphatic carbocycles. The number of hydrogen-bond donors (Lipinski definition) is 1. The zero-order valence-electron chi connectivity index (χ0n) is 18.0. The number of nitrogens with one attached hydrogen (secondary N) is 1. The van der Waals surface area contributed by atoms with E-state index in [0.29, 0.717) is 5.69 Å². The minimum atomic E-state index is -0.820. The van der Waals surface area contributed by atoms with Crippen LogP contribution in [-0.2, 0) is 4.79 Å². The number of hydrogen-bond acceptors (Lipinski definition) is 6. The highest BCUT2D eigenvalue weighted by Gasteiger charge is 2.38. The van der Waals surface area contributed by atoms with Crippen molar-refractivity contribution in [2.45, 2.75) is 53.1 Å². The van der Waals surface area contributed by atoms with E-state index in [0.717, 1.165) is 33.1 Å². The Morgan fingerprint density at radius 1 is 1.10 bits per heavy atom. The SMILES string of the molecule is Cc1ccsc1[C@H](C(=O)NC(C)(C)C)N(C(=O)c1csnn1)c1cccc(C)c1C. The molecule has 8 heteroatoms. The van der Waals surface area contributed by atoms with Crippen LogP contribution in [0.1, 0.15) is 58.9 Å². The van der Waals surface area contributed by atoms with Gasteiger partial charge in [0.2, 0.25) is 5.91 Å². The van der Waals surface area contributed by atoms with E-state index in [1.165, 1.54) is 11.3 Å². The van der Waals surface area contributed by atoms with Crippen molar-refractivity contribution in [2.75, 3.05) is 4.90 Å². The molecule has 1 aromatic carbocycles. The maximum absolute atomic E-state index is 13.6. The van der Waals surface area contributed by atoms with Crippen LogP contribution in [0.2, 0.25) is 0 Å². The van der Waals surface area contributed by atoms with E-state index >= 15 is 0 Å². The van der Waals surface area contributed by atoms with E-state index < -0.39 is 11.6 Å². The van der Waals surface area contributed by atoms with Crippen molar-refractivity contribution < 1.29 is 9.59 Å². The second-order valence-electron chi connectivity index (χ2n) is 8.29. The number of carbonyl (C=O) groups is 2. The van der Waals surface area contributed by atoms with Gasteiger partial charge < -0.3 is 5.32 Å². The van der Waals surface area contributed by atoms with E-state index in [4.69, 9.17) is 0 Å². The van der Waals surface area contributed by atoms with Gasteiger partial charge in [0.15, 0.2) is 11.7 Å². The molecule has 0 saturated carbocycles. The van der Waals surface area contributed by atoms with Gasteiger partial charge in [-0.25, -0.2) is 0 Å². The molecule has 0 saturated heterocycles. The maximum Gasteiger partial charge on any atom is 0.280 e. The summed E-state index contributed by atoms with van der Waals surface area (Å²) in [6.07, 6.45) is 0. The van der Waals surface area contributed by atoms with Crippen LogP contribution in [0, 0.1) is 20.8 Å². The second-order valence-corrected chi connectivity index (χ2v) is 9.85. The molecule has 6 nitrogen and oxygen atoms in total. The molecule has 0 radical (unpaired) electrons. The van der Waals surface area contributed by atoms with Gasteiger partial charge in [-0.3, -0.25) is 14.5 Å². The number of anilines is 1. The molecule has 30 heavy (non-hydrogen) atoms. The van der Waals surface area contributed by atoms with Gasteiger partial charge in [0, 0.05) is 21.5 Å². The number of carbonyl (C=O) groups excluding carboxylic acids is 2. The molecule has 2 amide bonds. The first kappa shape index (κ1) is 22.1. The van der Waals surface area contributed by atoms with Crippen LogP contribution in [0.3, 0.4) is 0 Å². The van der Waals surface area contributed by atoms with Crippen LogP contribution < -0.4 is 10.2 Å². The summed E-state index contributed by atoms with van der Waals surface area (Å²) in [6, 6.07) is 6.91. The van der Waals surface area contributed by atoms with Crippen LogP contribution in [0.5, 0.6) is 0 Å². The molecule has 0 fully saturated rings. The fourth-order valence-corrected chi connectivity index (χ4v) is 4.64. The third-order valence-electron chi connectivity index (χ3n) is 4.79. The van der Waals surface area contributed by atoms with E-state index in [-0.39, 0.29) is 17.5 Å². The summed E-state index contributed by atoms with van der Waals surface area (Å²) in [5, 5.41) is 10.6. The summed E-state index contributed by atoms with van der Waals surface area (Å²) < 4.78 is 3.85. The average Bonchev–Trinajstić information content (AvgIpc) is 3.32. The quantitative estimate of drug-likeness (QED) is 0.614. The fraction of sp³-hybridized carbons (Fsp3) is 0.364. The lowest BCUT2D eigenvalue weighted by Gasteiger charge is -2.34. The zero-order chi connectivity index (χ0) is 22.1. The monoisotopic (exact) mass is 442 g/mol. The van der Waals surface area contributed by atoms with E-state index in [1.807, 2.05) is 71.2 Å². The third-order valence-corrected chi connectivity index (χ3v) is 6.36. The van der Waals surface area contributed by atoms with Gasteiger partial charge in [-0.05, 0) is 87.3 Å². The zero-order valence-corrected chi connectivity index (χ0v) is 19.6. The van der Waals surface area contributed by atoms with Crippen molar-refractivity contribution in [2.24, 2.45) is 0 Å². The number of aryl methyl sites for hydroxylation is 2. The summed E-state index contributed by atoms with van der Waals surface area (Å²) in [7, 11) is 0. The molecule has 2 heterocycles. The molecule has 3 rings (SSSR count). The summed E-state index contributed by atoms with van der Waals surface area (Å²) >= 11 is 2.58. The number of nitrogens with zero attached hydrogens (tertiary/aromatic N) is 3. The first-order valence-electron chi connectivity index (χ1n) is 9.63. The number of rotatable bonds is 5. The first-order chi connectivity index (χ1) is 14.1. The Morgan fingerprint density at radius 2 is 1.83 bits per heavy atom. The first-order valence-corrected chi connectivity index (χ1v) is 11.3. The van der Waals surface area contributed by atoms with Gasteiger partial charge in [-0.15, -0.1) is 16.4 Å². The van der Waals surface area contributed by atoms with Crippen LogP contribution in [0.15, 0.2) is 35.0 Å². The van der Waals surface area contributed by atoms with Crippen LogP contribution in [0.4, 0.5) is 5.69 Å². The Hall–Kier alpha value is -2.58. The highest BCUT2D eigenvalue weighted by molar-refractivity contribution is 7.10. The topological polar surface area (TPSA) is 75.2 Å². The molecule has 0 aliphatic rings. The van der Waals surface area contributed by atoms with Crippen molar-refractivity contribution >= 4 is 40.4 Å². The fourth-order valence-electron chi connectivity index (χ4n) is 3.20. The Morgan fingerprint density at radius 3 is 2.40 bits per heavy atom. The summed E-state index contributed by atoms with van der Waals surface area (Å²) in [5.74, 6) is -0.579. The van der Waals surface area contributed by atoms with E-state index in [9.17, 15) is 9.59 Å². The molecule has 0 bridgehead atoms. The molecule has 158 valence electrons.